The number of aryl methyl sites for hydroxylation is 4. The van der Waals surface area contributed by atoms with E-state index in [1.54, 1.807) is 28.9 Å². The molecule has 0 bridgehead atoms. The third kappa shape index (κ3) is 11.5. The van der Waals surface area contributed by atoms with Gasteiger partial charge >= 0.3 is 54.7 Å². The maximum atomic E-state index is 2.38. The van der Waals surface area contributed by atoms with Gasteiger partial charge in [0.1, 0.15) is 0 Å². The fourth-order valence-electron chi connectivity index (χ4n) is 8.79. The van der Waals surface area contributed by atoms with Crippen LogP contribution in [0.2, 0.25) is 12.1 Å². The average molecular weight is 865 g/mol. The molecule has 6 aromatic carbocycles. The van der Waals surface area contributed by atoms with Crippen LogP contribution < -0.4 is 24.8 Å². The van der Waals surface area contributed by atoms with Crippen LogP contribution in [0.5, 0.6) is 0 Å². The minimum atomic E-state index is 0. The van der Waals surface area contributed by atoms with Crippen LogP contribution >= 0.6 is 0 Å². The van der Waals surface area contributed by atoms with E-state index in [1.165, 1.54) is 148 Å². The predicted octanol–water partition coefficient (Wildman–Crippen LogP) is 9.61. The number of rotatable bonds is 7. The van der Waals surface area contributed by atoms with Crippen LogP contribution in [0.4, 0.5) is 0 Å². The Morgan fingerprint density at radius 1 is 0.545 bits per heavy atom. The van der Waals surface area contributed by atoms with Crippen molar-refractivity contribution in [1.29, 1.82) is 0 Å². The molecule has 0 radical (unpaired) electrons. The molecule has 0 aliphatic heterocycles. The van der Waals surface area contributed by atoms with Crippen molar-refractivity contribution in [1.82, 2.24) is 0 Å². The molecule has 290 valence electrons. The Morgan fingerprint density at radius 2 is 0.964 bits per heavy atom. The standard InChI is InChI=1S/C24H27.C23H25.C4H10Si.2ClH.Zr/c1-3-18-15-23-17(2)9-14-22(24(23)16-18)21-12-10-20(11-13-21)19-7-5-4-6-8-19;1-16-14-22-17(2)8-13-21(23(22)15-16)20-11-9-19(10-12-20)18-6-4-3-5-7-18;1-3-5-4-2;;;/h9-16,19H,3-8H2,1-2H3;8-15,18H,3-7H2,1-2H3;3-4H2,1-2H3;2*1H;/q2*-1;;;;+2/p-2. The van der Waals surface area contributed by atoms with E-state index in [0.717, 1.165) is 18.3 Å². The molecule has 0 spiro atoms. The summed E-state index contributed by atoms with van der Waals surface area (Å²) in [5.74, 6) is 1.58. The van der Waals surface area contributed by atoms with Gasteiger partial charge < -0.3 is 24.8 Å². The summed E-state index contributed by atoms with van der Waals surface area (Å²) in [6.07, 6.45) is 15.0. The molecule has 2 saturated carbocycles. The topological polar surface area (TPSA) is 0 Å². The zero-order valence-electron chi connectivity index (χ0n) is 34.3. The third-order valence-corrected chi connectivity index (χ3v) is 19.2. The first kappa shape index (κ1) is 45.5. The van der Waals surface area contributed by atoms with Gasteiger partial charge in [-0.3, -0.25) is 0 Å². The molecule has 0 heterocycles. The maximum Gasteiger partial charge on any atom is -0.0162 e. The van der Waals surface area contributed by atoms with E-state index in [2.05, 4.69) is 139 Å². The average Bonchev–Trinajstić information content (AvgIpc) is 3.84. The van der Waals surface area contributed by atoms with Crippen molar-refractivity contribution >= 4 is 27.0 Å². The molecule has 0 aromatic heterocycles. The quantitative estimate of drug-likeness (QED) is 0.111. The normalized spacial score (nSPS) is 14.6. The largest absolute Gasteiger partial charge is 1.00 e. The predicted molar refractivity (Wildman–Crippen MR) is 232 cm³/mol. The Kier molecular flexibility index (Phi) is 18.3. The van der Waals surface area contributed by atoms with Crippen LogP contribution in [0.1, 0.15) is 130 Å². The minimum Gasteiger partial charge on any atom is -1.00 e. The molecule has 8 rings (SSSR count). The number of halogens is 2. The molecular weight excluding hydrogens is 803 g/mol. The number of benzene rings is 4. The first-order valence-electron chi connectivity index (χ1n) is 20.9. The Balaban J connectivity index is 0.000000207. The van der Waals surface area contributed by atoms with Crippen molar-refractivity contribution in [3.05, 3.63) is 130 Å². The van der Waals surface area contributed by atoms with Gasteiger partial charge in [0.05, 0.1) is 0 Å². The second-order valence-electron chi connectivity index (χ2n) is 16.0. The van der Waals surface area contributed by atoms with E-state index in [-0.39, 0.29) is 30.2 Å². The van der Waals surface area contributed by atoms with Crippen molar-refractivity contribution in [3.8, 4) is 22.3 Å². The van der Waals surface area contributed by atoms with Gasteiger partial charge in [0, 0.05) is 0 Å². The van der Waals surface area contributed by atoms with Crippen molar-refractivity contribution in [2.45, 2.75) is 136 Å². The van der Waals surface area contributed by atoms with Gasteiger partial charge in [-0.25, -0.2) is 0 Å². The van der Waals surface area contributed by atoms with Gasteiger partial charge in [-0.15, -0.1) is 68.1 Å². The summed E-state index contributed by atoms with van der Waals surface area (Å²) in [4.78, 5) is 0. The molecule has 4 heteroatoms. The maximum absolute atomic E-state index is 2.38. The van der Waals surface area contributed by atoms with Crippen LogP contribution in [0.15, 0.2) is 97.1 Å². The molecule has 2 aliphatic carbocycles. The molecule has 2 aliphatic rings. The summed E-state index contributed by atoms with van der Waals surface area (Å²) in [7, 11) is 0. The fraction of sp³-hybridized carbons (Fsp3) is 0.412. The minimum absolute atomic E-state index is 0. The summed E-state index contributed by atoms with van der Waals surface area (Å²) < 4.78 is 0. The van der Waals surface area contributed by atoms with E-state index in [1.807, 2.05) is 0 Å². The van der Waals surface area contributed by atoms with Gasteiger partial charge in [0.25, 0.3) is 0 Å². The summed E-state index contributed by atoms with van der Waals surface area (Å²) in [6, 6.07) is 40.3. The van der Waals surface area contributed by atoms with Crippen LogP contribution in [0.3, 0.4) is 0 Å². The van der Waals surface area contributed by atoms with Crippen molar-refractivity contribution in [3.63, 3.8) is 0 Å². The molecule has 0 N–H and O–H groups in total. The molecule has 55 heavy (non-hydrogen) atoms. The Morgan fingerprint density at radius 3 is 1.36 bits per heavy atom. The Labute approximate surface area is 361 Å². The van der Waals surface area contributed by atoms with E-state index in [4.69, 9.17) is 0 Å². The number of fused-ring (bicyclic) bond motifs is 2. The second-order valence-corrected chi connectivity index (χ2v) is 23.8. The van der Waals surface area contributed by atoms with Gasteiger partial charge in [-0.05, 0) is 66.2 Å². The first-order chi connectivity index (χ1) is 25.8. The van der Waals surface area contributed by atoms with Crippen LogP contribution in [0.25, 0.3) is 43.8 Å². The summed E-state index contributed by atoms with van der Waals surface area (Å²) in [5.41, 5.74) is 14.3. The summed E-state index contributed by atoms with van der Waals surface area (Å²) in [6.45, 7) is 13.5. The Bertz CT molecular complexity index is 2080. The molecule has 6 aromatic rings. The Hall–Kier alpha value is -2.22. The zero-order valence-corrected chi connectivity index (χ0v) is 39.3. The van der Waals surface area contributed by atoms with E-state index >= 15 is 0 Å². The zero-order chi connectivity index (χ0) is 37.3. The molecule has 0 amide bonds. The fourth-order valence-corrected chi connectivity index (χ4v) is 9.29. The SMILES string of the molecule is CC[Si](=[Zr+2])CC.CCc1cc2c(-c3ccc(C4CCCCC4)cc3)ccc(C)c2[cH-]1.Cc1cc2c(-c3ccc(C4CCCCC4)cc3)ccc(C)c2[cH-]1.[Cl-].[Cl-]. The van der Waals surface area contributed by atoms with Crippen LogP contribution in [-0.4, -0.2) is 5.43 Å². The van der Waals surface area contributed by atoms with E-state index in [0.29, 0.717) is 0 Å². The van der Waals surface area contributed by atoms with Crippen molar-refractivity contribution < 1.29 is 48.1 Å². The van der Waals surface area contributed by atoms with Gasteiger partial charge in [-0.1, -0.05) is 138 Å². The molecule has 0 saturated heterocycles. The summed E-state index contributed by atoms with van der Waals surface area (Å²) in [5, 5.41) is 5.63. The van der Waals surface area contributed by atoms with Gasteiger partial charge in [-0.2, -0.15) is 12.1 Å². The van der Waals surface area contributed by atoms with Crippen molar-refractivity contribution in [2.75, 3.05) is 0 Å². The molecule has 0 unspecified atom stereocenters. The van der Waals surface area contributed by atoms with Crippen molar-refractivity contribution in [2.24, 2.45) is 0 Å². The van der Waals surface area contributed by atoms with Gasteiger partial charge in [0.15, 0.2) is 0 Å². The van der Waals surface area contributed by atoms with E-state index < -0.39 is 0 Å². The molecule has 0 nitrogen and oxygen atoms in total. The van der Waals surface area contributed by atoms with E-state index in [9.17, 15) is 0 Å². The smallest absolute Gasteiger partial charge is 0.0162 e. The van der Waals surface area contributed by atoms with Gasteiger partial charge in [0.2, 0.25) is 0 Å². The van der Waals surface area contributed by atoms with Crippen LogP contribution in [0, 0.1) is 20.8 Å². The second kappa shape index (κ2) is 22.1. The van der Waals surface area contributed by atoms with Crippen LogP contribution in [-0.2, 0) is 29.8 Å². The molecule has 2 fully saturated rings. The first-order valence-corrected chi connectivity index (χ1v) is 26.5. The monoisotopic (exact) mass is 862 g/mol. The number of hydrogen-bond acceptors (Lipinski definition) is 0. The molecule has 0 atom stereocenters. The third-order valence-electron chi connectivity index (χ3n) is 12.3. The summed E-state index contributed by atoms with van der Waals surface area (Å²) >= 11 is 1.80. The molecular formula is C51H62Cl2SiZr-2. The number of hydrogen-bond donors (Lipinski definition) is 0.